The summed E-state index contributed by atoms with van der Waals surface area (Å²) in [6, 6.07) is 39.9. The van der Waals surface area contributed by atoms with Crippen LogP contribution in [0.4, 0.5) is 0 Å². The fraction of sp³-hybridized carbons (Fsp3) is 0.143. The Balaban J connectivity index is 0.000000704. The van der Waals surface area contributed by atoms with Crippen LogP contribution >= 0.6 is 12.6 Å². The summed E-state index contributed by atoms with van der Waals surface area (Å²) in [5.74, 6) is 0. The zero-order valence-corrected chi connectivity index (χ0v) is 23.6. The molecule has 0 radical (unpaired) electrons. The lowest BCUT2D eigenvalue weighted by Crippen LogP contribution is -1.87. The summed E-state index contributed by atoms with van der Waals surface area (Å²) in [6.07, 6.45) is 1.69. The van der Waals surface area contributed by atoms with Gasteiger partial charge in [-0.1, -0.05) is 80.6 Å². The number of aryl methyl sites for hydroxylation is 2. The maximum atomic E-state index is 3.53. The highest BCUT2D eigenvalue weighted by atomic mass is 32.1. The number of hydrogen-bond donors (Lipinski definition) is 1. The van der Waals surface area contributed by atoms with Gasteiger partial charge < -0.3 is 9.13 Å². The molecule has 0 aliphatic rings. The zero-order valence-electron chi connectivity index (χ0n) is 22.7. The zero-order chi connectivity index (χ0) is 26.8. The standard InChI is InChI=1S/C32H24N2.C2H6.CH4S/c1-33-29-12-5-3-10-25(29)27-19-23(14-16-31(27)33)21-8-7-9-22(18-21)24-15-17-32-28(20-24)26-11-4-6-13-30(26)34(32)2;2*1-2/h3-20H,1-2H3;1-2H3;2H,1H3. The van der Waals surface area contributed by atoms with Gasteiger partial charge >= 0.3 is 0 Å². The van der Waals surface area contributed by atoms with Gasteiger partial charge in [0.2, 0.25) is 0 Å². The van der Waals surface area contributed by atoms with E-state index in [1.165, 1.54) is 65.9 Å². The van der Waals surface area contributed by atoms with Gasteiger partial charge in [-0.25, -0.2) is 0 Å². The molecule has 2 aromatic heterocycles. The average molecular weight is 515 g/mol. The Labute approximate surface area is 230 Å². The molecule has 0 aliphatic heterocycles. The Morgan fingerprint density at radius 1 is 0.395 bits per heavy atom. The lowest BCUT2D eigenvalue weighted by molar-refractivity contribution is 1.01. The van der Waals surface area contributed by atoms with Crippen molar-refractivity contribution < 1.29 is 0 Å². The maximum Gasteiger partial charge on any atom is 0.0489 e. The van der Waals surface area contributed by atoms with Gasteiger partial charge in [0.25, 0.3) is 0 Å². The quantitative estimate of drug-likeness (QED) is 0.220. The third-order valence-electron chi connectivity index (χ3n) is 7.36. The van der Waals surface area contributed by atoms with E-state index in [1.54, 1.807) is 6.26 Å². The number of benzene rings is 5. The molecule has 0 fully saturated rings. The highest BCUT2D eigenvalue weighted by Gasteiger charge is 2.11. The molecule has 0 saturated heterocycles. The van der Waals surface area contributed by atoms with Crippen molar-refractivity contribution in [2.24, 2.45) is 14.1 Å². The molecule has 3 heteroatoms. The normalized spacial score (nSPS) is 10.9. The number of para-hydroxylation sites is 2. The highest BCUT2D eigenvalue weighted by Crippen LogP contribution is 2.35. The van der Waals surface area contributed by atoms with Crippen molar-refractivity contribution in [3.05, 3.63) is 109 Å². The lowest BCUT2D eigenvalue weighted by atomic mass is 9.97. The topological polar surface area (TPSA) is 9.86 Å². The van der Waals surface area contributed by atoms with Crippen molar-refractivity contribution in [3.63, 3.8) is 0 Å². The molecular weight excluding hydrogens is 480 g/mol. The molecule has 0 unspecified atom stereocenters. The van der Waals surface area contributed by atoms with Gasteiger partial charge in [0.15, 0.2) is 0 Å². The predicted octanol–water partition coefficient (Wildman–Crippen LogP) is 9.88. The maximum absolute atomic E-state index is 3.53. The minimum absolute atomic E-state index is 1.24. The number of nitrogens with zero attached hydrogens (tertiary/aromatic N) is 2. The molecule has 190 valence electrons. The van der Waals surface area contributed by atoms with Crippen molar-refractivity contribution >= 4 is 56.2 Å². The molecule has 0 saturated carbocycles. The highest BCUT2D eigenvalue weighted by molar-refractivity contribution is 7.79. The first kappa shape index (κ1) is 25.7. The summed E-state index contributed by atoms with van der Waals surface area (Å²) in [5, 5.41) is 5.22. The lowest BCUT2D eigenvalue weighted by Gasteiger charge is -2.08. The Kier molecular flexibility index (Phi) is 7.31. The van der Waals surface area contributed by atoms with Crippen LogP contribution in [0.5, 0.6) is 0 Å². The van der Waals surface area contributed by atoms with Gasteiger partial charge in [0, 0.05) is 57.7 Å². The third kappa shape index (κ3) is 4.17. The predicted molar refractivity (Wildman–Crippen MR) is 172 cm³/mol. The van der Waals surface area contributed by atoms with Crippen molar-refractivity contribution in [3.8, 4) is 22.3 Å². The van der Waals surface area contributed by atoms with E-state index in [1.807, 2.05) is 13.8 Å². The molecular formula is C35H34N2S. The second-order valence-corrected chi connectivity index (χ2v) is 9.20. The minimum atomic E-state index is 1.24. The number of aromatic nitrogens is 2. The molecule has 7 aromatic rings. The second kappa shape index (κ2) is 10.8. The van der Waals surface area contributed by atoms with Crippen LogP contribution in [-0.4, -0.2) is 15.4 Å². The number of fused-ring (bicyclic) bond motifs is 6. The fourth-order valence-corrected chi connectivity index (χ4v) is 5.57. The fourth-order valence-electron chi connectivity index (χ4n) is 5.57. The molecule has 0 spiro atoms. The first-order valence-electron chi connectivity index (χ1n) is 13.2. The van der Waals surface area contributed by atoms with Crippen molar-refractivity contribution in [2.45, 2.75) is 13.8 Å². The first-order chi connectivity index (χ1) is 18.7. The summed E-state index contributed by atoms with van der Waals surface area (Å²) in [7, 11) is 4.29. The molecule has 38 heavy (non-hydrogen) atoms. The smallest absolute Gasteiger partial charge is 0.0489 e. The molecule has 0 aliphatic carbocycles. The molecule has 0 bridgehead atoms. The second-order valence-electron chi connectivity index (χ2n) is 9.20. The van der Waals surface area contributed by atoms with Crippen LogP contribution in [0.3, 0.4) is 0 Å². The first-order valence-corrected chi connectivity index (χ1v) is 14.1. The van der Waals surface area contributed by atoms with Gasteiger partial charge in [0.05, 0.1) is 0 Å². The Morgan fingerprint density at radius 3 is 1.21 bits per heavy atom. The van der Waals surface area contributed by atoms with Gasteiger partial charge in [-0.05, 0) is 71.0 Å². The van der Waals surface area contributed by atoms with Gasteiger partial charge in [-0.3, -0.25) is 0 Å². The van der Waals surface area contributed by atoms with Crippen molar-refractivity contribution in [1.82, 2.24) is 9.13 Å². The van der Waals surface area contributed by atoms with Crippen molar-refractivity contribution in [1.29, 1.82) is 0 Å². The largest absolute Gasteiger partial charge is 0.344 e. The molecule has 2 nitrogen and oxygen atoms in total. The number of rotatable bonds is 2. The van der Waals surface area contributed by atoms with E-state index in [0.717, 1.165) is 0 Å². The summed E-state index contributed by atoms with van der Waals surface area (Å²) in [4.78, 5) is 0. The summed E-state index contributed by atoms with van der Waals surface area (Å²) < 4.78 is 4.56. The number of hydrogen-bond acceptors (Lipinski definition) is 1. The van der Waals surface area contributed by atoms with E-state index >= 15 is 0 Å². The SMILES string of the molecule is CC.CS.Cn1c2ccccc2c2cc(-c3cccc(-c4ccc5c(c4)c4ccccc4n5C)c3)ccc21. The molecule has 0 N–H and O–H groups in total. The minimum Gasteiger partial charge on any atom is -0.344 e. The van der Waals surface area contributed by atoms with Crippen molar-refractivity contribution in [2.75, 3.05) is 6.26 Å². The monoisotopic (exact) mass is 514 g/mol. The van der Waals surface area contributed by atoms with E-state index in [0.29, 0.717) is 0 Å². The van der Waals surface area contributed by atoms with E-state index in [2.05, 4.69) is 145 Å². The molecule has 0 atom stereocenters. The van der Waals surface area contributed by atoms with E-state index in [9.17, 15) is 0 Å². The molecule has 5 aromatic carbocycles. The van der Waals surface area contributed by atoms with Crippen LogP contribution < -0.4 is 0 Å². The Bertz CT molecular complexity index is 1750. The van der Waals surface area contributed by atoms with Crippen LogP contribution in [-0.2, 0) is 14.1 Å². The van der Waals surface area contributed by atoms with E-state index in [-0.39, 0.29) is 0 Å². The molecule has 2 heterocycles. The van der Waals surface area contributed by atoms with Gasteiger partial charge in [0.1, 0.15) is 0 Å². The van der Waals surface area contributed by atoms with Crippen LogP contribution in [0.15, 0.2) is 109 Å². The van der Waals surface area contributed by atoms with Gasteiger partial charge in [-0.15, -0.1) is 0 Å². The average Bonchev–Trinajstić information content (AvgIpc) is 3.46. The van der Waals surface area contributed by atoms with Crippen LogP contribution in [0.1, 0.15) is 13.8 Å². The Morgan fingerprint density at radius 2 is 0.763 bits per heavy atom. The number of thiol groups is 1. The third-order valence-corrected chi connectivity index (χ3v) is 7.36. The summed E-state index contributed by atoms with van der Waals surface area (Å²) in [6.45, 7) is 4.00. The van der Waals surface area contributed by atoms with Crippen LogP contribution in [0.25, 0.3) is 65.9 Å². The molecule has 0 amide bonds. The summed E-state index contributed by atoms with van der Waals surface area (Å²) in [5.41, 5.74) is 10.0. The van der Waals surface area contributed by atoms with Gasteiger partial charge in [-0.2, -0.15) is 12.6 Å². The van der Waals surface area contributed by atoms with E-state index in [4.69, 9.17) is 0 Å². The van der Waals surface area contributed by atoms with Crippen LogP contribution in [0, 0.1) is 0 Å². The Hall–Kier alpha value is -3.95. The molecule has 7 rings (SSSR count). The van der Waals surface area contributed by atoms with E-state index < -0.39 is 0 Å². The van der Waals surface area contributed by atoms with Crippen LogP contribution in [0.2, 0.25) is 0 Å². The summed E-state index contributed by atoms with van der Waals surface area (Å²) >= 11 is 3.53.